The molecule has 2 N–H and O–H groups in total. The van der Waals surface area contributed by atoms with Crippen LogP contribution >= 0.6 is 0 Å². The highest BCUT2D eigenvalue weighted by Gasteiger charge is 2.33. The zero-order valence-electron chi connectivity index (χ0n) is 12.7. The first-order valence-corrected chi connectivity index (χ1v) is 7.22. The number of carbonyl (C=O) groups excluding carboxylic acids is 1. The molecule has 2 unspecified atom stereocenters. The smallest absolute Gasteiger partial charge is 0.250 e. The molecule has 0 saturated heterocycles. The lowest BCUT2D eigenvalue weighted by Gasteiger charge is -2.17. The molecule has 1 aliphatic rings. The topological polar surface area (TPSA) is 86.8 Å². The first-order chi connectivity index (χ1) is 11.2. The number of rotatable bonds is 5. The van der Waals surface area contributed by atoms with E-state index in [0.29, 0.717) is 23.6 Å². The lowest BCUT2D eigenvalue weighted by Crippen LogP contribution is -2.19. The van der Waals surface area contributed by atoms with Crippen molar-refractivity contribution in [2.75, 3.05) is 13.7 Å². The second-order valence-corrected chi connectivity index (χ2v) is 5.23. The van der Waals surface area contributed by atoms with Gasteiger partial charge in [0.05, 0.1) is 17.7 Å². The van der Waals surface area contributed by atoms with Gasteiger partial charge in [0, 0.05) is 19.5 Å². The normalized spacial score (nSPS) is 20.0. The fraction of sp³-hybridized carbons (Fsp3) is 0.235. The zero-order chi connectivity index (χ0) is 16.2. The van der Waals surface area contributed by atoms with E-state index >= 15 is 0 Å². The minimum Gasteiger partial charge on any atom is -0.467 e. The van der Waals surface area contributed by atoms with Crippen molar-refractivity contribution in [1.29, 1.82) is 0 Å². The Labute approximate surface area is 134 Å². The number of amides is 1. The molecule has 2 heterocycles. The maximum Gasteiger partial charge on any atom is 0.250 e. The molecule has 118 valence electrons. The van der Waals surface area contributed by atoms with Crippen LogP contribution in [0.3, 0.4) is 0 Å². The van der Waals surface area contributed by atoms with Crippen molar-refractivity contribution < 1.29 is 14.3 Å². The number of nitrogens with two attached hydrogens (primary N) is 1. The van der Waals surface area contributed by atoms with Gasteiger partial charge in [-0.2, -0.15) is 0 Å². The molecule has 0 radical (unpaired) electrons. The first-order valence-electron chi connectivity index (χ1n) is 7.22. The average molecular weight is 311 g/mol. The fourth-order valence-electron chi connectivity index (χ4n) is 2.51. The third-order valence-corrected chi connectivity index (χ3v) is 3.61. The standard InChI is InChI=1S/C17H17N3O3/c1-22-10-14-15(11-5-3-2-4-6-11)23-17(20-14)13-7-12(16(18)21)8-19-9-13/h2-9,14-15H,10H2,1H3,(H2,18,21). The molecule has 6 heteroatoms. The van der Waals surface area contributed by atoms with E-state index in [4.69, 9.17) is 15.2 Å². The van der Waals surface area contributed by atoms with Crippen LogP contribution in [0.15, 0.2) is 53.8 Å². The molecule has 1 aliphatic heterocycles. The second kappa shape index (κ2) is 6.58. The Morgan fingerprint density at radius 2 is 2.09 bits per heavy atom. The number of aliphatic imine (C=N–C) groups is 1. The number of nitrogens with zero attached hydrogens (tertiary/aromatic N) is 2. The highest BCUT2D eigenvalue weighted by atomic mass is 16.5. The van der Waals surface area contributed by atoms with Gasteiger partial charge < -0.3 is 15.2 Å². The largest absolute Gasteiger partial charge is 0.467 e. The van der Waals surface area contributed by atoms with E-state index in [9.17, 15) is 4.79 Å². The van der Waals surface area contributed by atoms with Crippen molar-refractivity contribution in [2.24, 2.45) is 10.7 Å². The molecule has 0 saturated carbocycles. The summed E-state index contributed by atoms with van der Waals surface area (Å²) in [6, 6.07) is 11.3. The van der Waals surface area contributed by atoms with Crippen LogP contribution in [0.2, 0.25) is 0 Å². The molecule has 0 fully saturated rings. The monoisotopic (exact) mass is 311 g/mol. The zero-order valence-corrected chi connectivity index (χ0v) is 12.7. The highest BCUT2D eigenvalue weighted by Crippen LogP contribution is 2.31. The number of hydrogen-bond donors (Lipinski definition) is 1. The number of hydrogen-bond acceptors (Lipinski definition) is 5. The minimum atomic E-state index is -0.536. The quantitative estimate of drug-likeness (QED) is 0.910. The second-order valence-electron chi connectivity index (χ2n) is 5.23. The van der Waals surface area contributed by atoms with Gasteiger partial charge in [0.15, 0.2) is 6.10 Å². The lowest BCUT2D eigenvalue weighted by molar-refractivity contribution is 0.1000. The molecule has 1 aromatic heterocycles. The Balaban J connectivity index is 1.90. The Hall–Kier alpha value is -2.73. The summed E-state index contributed by atoms with van der Waals surface area (Å²) in [5.74, 6) is -0.0949. The summed E-state index contributed by atoms with van der Waals surface area (Å²) >= 11 is 0. The maximum absolute atomic E-state index is 11.3. The van der Waals surface area contributed by atoms with Gasteiger partial charge in [0.1, 0.15) is 6.04 Å². The third kappa shape index (κ3) is 3.22. The van der Waals surface area contributed by atoms with E-state index in [2.05, 4.69) is 9.98 Å². The summed E-state index contributed by atoms with van der Waals surface area (Å²) in [6.45, 7) is 0.437. The van der Waals surface area contributed by atoms with E-state index in [1.165, 1.54) is 6.20 Å². The number of ether oxygens (including phenoxy) is 2. The highest BCUT2D eigenvalue weighted by molar-refractivity contribution is 5.99. The summed E-state index contributed by atoms with van der Waals surface area (Å²) in [6.07, 6.45) is 2.79. The Kier molecular flexibility index (Phi) is 4.34. The lowest BCUT2D eigenvalue weighted by atomic mass is 10.0. The van der Waals surface area contributed by atoms with Gasteiger partial charge in [0.2, 0.25) is 11.8 Å². The van der Waals surface area contributed by atoms with Crippen molar-refractivity contribution in [3.05, 3.63) is 65.5 Å². The van der Waals surface area contributed by atoms with Crippen LogP contribution in [0.5, 0.6) is 0 Å². The molecule has 23 heavy (non-hydrogen) atoms. The van der Waals surface area contributed by atoms with Crippen molar-refractivity contribution in [2.45, 2.75) is 12.1 Å². The van der Waals surface area contributed by atoms with E-state index in [1.807, 2.05) is 30.3 Å². The van der Waals surface area contributed by atoms with E-state index in [0.717, 1.165) is 5.56 Å². The van der Waals surface area contributed by atoms with Gasteiger partial charge in [-0.3, -0.25) is 9.78 Å². The van der Waals surface area contributed by atoms with Gasteiger partial charge in [0.25, 0.3) is 0 Å². The Morgan fingerprint density at radius 3 is 2.78 bits per heavy atom. The van der Waals surface area contributed by atoms with Crippen LogP contribution in [0.1, 0.15) is 27.6 Å². The Morgan fingerprint density at radius 1 is 1.30 bits per heavy atom. The Bertz CT molecular complexity index is 731. The average Bonchev–Trinajstić information content (AvgIpc) is 3.00. The SMILES string of the molecule is COCC1N=C(c2cncc(C(N)=O)c2)OC1c1ccccc1. The number of carbonyl (C=O) groups is 1. The summed E-state index contributed by atoms with van der Waals surface area (Å²) in [5.41, 5.74) is 7.26. The van der Waals surface area contributed by atoms with Crippen molar-refractivity contribution in [3.63, 3.8) is 0 Å². The molecule has 1 amide bonds. The minimum absolute atomic E-state index is 0.158. The molecular formula is C17H17N3O3. The molecule has 2 aromatic rings. The van der Waals surface area contributed by atoms with Crippen LogP contribution < -0.4 is 5.73 Å². The van der Waals surface area contributed by atoms with Gasteiger partial charge in [-0.05, 0) is 11.6 Å². The fourth-order valence-corrected chi connectivity index (χ4v) is 2.51. The van der Waals surface area contributed by atoms with Crippen LogP contribution in [0.4, 0.5) is 0 Å². The van der Waals surface area contributed by atoms with Gasteiger partial charge in [-0.1, -0.05) is 30.3 Å². The number of pyridine rings is 1. The summed E-state index contributed by atoms with van der Waals surface area (Å²) < 4.78 is 11.3. The molecule has 6 nitrogen and oxygen atoms in total. The van der Waals surface area contributed by atoms with Crippen LogP contribution in [0.25, 0.3) is 0 Å². The van der Waals surface area contributed by atoms with Gasteiger partial charge in [-0.25, -0.2) is 4.99 Å². The number of aromatic nitrogens is 1. The predicted molar refractivity (Wildman–Crippen MR) is 85.2 cm³/mol. The molecular weight excluding hydrogens is 294 g/mol. The van der Waals surface area contributed by atoms with Crippen LogP contribution in [0, 0.1) is 0 Å². The number of primary amides is 1. The van der Waals surface area contributed by atoms with Crippen molar-refractivity contribution in [3.8, 4) is 0 Å². The molecule has 3 rings (SSSR count). The van der Waals surface area contributed by atoms with Crippen molar-refractivity contribution >= 4 is 11.8 Å². The molecule has 0 aliphatic carbocycles. The van der Waals surface area contributed by atoms with E-state index in [1.54, 1.807) is 19.4 Å². The van der Waals surface area contributed by atoms with Gasteiger partial charge >= 0.3 is 0 Å². The van der Waals surface area contributed by atoms with Crippen molar-refractivity contribution in [1.82, 2.24) is 4.98 Å². The van der Waals surface area contributed by atoms with Crippen LogP contribution in [-0.2, 0) is 9.47 Å². The summed E-state index contributed by atoms with van der Waals surface area (Å²) in [4.78, 5) is 19.9. The number of methoxy groups -OCH3 is 1. The molecule has 0 bridgehead atoms. The summed E-state index contributed by atoms with van der Waals surface area (Å²) in [7, 11) is 1.63. The van der Waals surface area contributed by atoms with E-state index in [-0.39, 0.29) is 12.1 Å². The van der Waals surface area contributed by atoms with Gasteiger partial charge in [-0.15, -0.1) is 0 Å². The molecule has 0 spiro atoms. The molecule has 1 aromatic carbocycles. The third-order valence-electron chi connectivity index (χ3n) is 3.61. The summed E-state index contributed by atoms with van der Waals surface area (Å²) in [5, 5.41) is 0. The predicted octanol–water partition coefficient (Wildman–Crippen LogP) is 1.71. The molecule has 2 atom stereocenters. The maximum atomic E-state index is 11.3. The van der Waals surface area contributed by atoms with Crippen LogP contribution in [-0.4, -0.2) is 36.5 Å². The number of benzene rings is 1. The first kappa shape index (κ1) is 15.2. The van der Waals surface area contributed by atoms with E-state index < -0.39 is 5.91 Å².